The molecule has 0 saturated carbocycles. The van der Waals surface area contributed by atoms with E-state index in [-0.39, 0.29) is 12.4 Å². The van der Waals surface area contributed by atoms with Gasteiger partial charge in [-0.3, -0.25) is 4.79 Å². The van der Waals surface area contributed by atoms with Crippen molar-refractivity contribution in [3.8, 4) is 0 Å². The molecule has 0 spiro atoms. The van der Waals surface area contributed by atoms with E-state index in [9.17, 15) is 4.79 Å². The molecule has 0 aromatic carbocycles. The minimum atomic E-state index is -2.15. The second-order valence-corrected chi connectivity index (χ2v) is 20.1. The Bertz CT molecular complexity index is 292. The predicted octanol–water partition coefficient (Wildman–Crippen LogP) is 3.57. The molecule has 7 heteroatoms. The molecule has 0 fully saturated rings. The summed E-state index contributed by atoms with van der Waals surface area (Å²) in [7, 11) is -5.40. The Morgan fingerprint density at radius 3 is 1.75 bits per heavy atom. The van der Waals surface area contributed by atoms with Crippen LogP contribution in [0.3, 0.4) is 0 Å². The Morgan fingerprint density at radius 1 is 0.950 bits per heavy atom. The van der Waals surface area contributed by atoms with Gasteiger partial charge in [0, 0.05) is 13.5 Å². The van der Waals surface area contributed by atoms with Gasteiger partial charge in [0.15, 0.2) is 22.4 Å². The molecule has 0 N–H and O–H groups in total. The van der Waals surface area contributed by atoms with E-state index < -0.39 is 25.2 Å². The number of hydrogen-bond acceptors (Lipinski definition) is 4. The Labute approximate surface area is 127 Å². The lowest BCUT2D eigenvalue weighted by atomic mass is 10.5. The Kier molecular flexibility index (Phi) is 8.08. The van der Waals surface area contributed by atoms with Crippen LogP contribution < -0.4 is 0 Å². The molecule has 0 aliphatic rings. The summed E-state index contributed by atoms with van der Waals surface area (Å²) in [6, 6.07) is 0.910. The number of ether oxygens (including phenoxy) is 1. The molecule has 0 unspecified atom stereocenters. The van der Waals surface area contributed by atoms with Gasteiger partial charge in [-0.05, 0) is 58.3 Å². The highest BCUT2D eigenvalue weighted by Gasteiger charge is 2.39. The van der Waals surface area contributed by atoms with Crippen LogP contribution in [0.25, 0.3) is 0 Å². The zero-order chi connectivity index (χ0) is 16.0. The first-order valence-corrected chi connectivity index (χ1v) is 16.5. The topological polar surface area (TPSA) is 44.8 Å². The molecule has 0 atom stereocenters. The van der Waals surface area contributed by atoms with Crippen LogP contribution in [0.1, 0.15) is 6.42 Å². The Balaban J connectivity index is 4.43. The third kappa shape index (κ3) is 12.0. The monoisotopic (exact) mass is 335 g/mol. The lowest BCUT2D eigenvalue weighted by molar-refractivity contribution is -0.119. The summed E-state index contributed by atoms with van der Waals surface area (Å²) in [5.74, 6) is -0.179. The normalized spacial score (nSPS) is 13.6. The van der Waals surface area contributed by atoms with Crippen molar-refractivity contribution in [2.75, 3.05) is 13.2 Å². The largest absolute Gasteiger partial charge is 0.437 e. The van der Waals surface area contributed by atoms with E-state index in [0.717, 1.165) is 12.5 Å². The van der Waals surface area contributed by atoms with Gasteiger partial charge < -0.3 is 13.0 Å². The molecule has 0 saturated heterocycles. The van der Waals surface area contributed by atoms with E-state index in [1.807, 2.05) is 0 Å². The summed E-state index contributed by atoms with van der Waals surface area (Å²) >= 11 is 0. The fourth-order valence-corrected chi connectivity index (χ4v) is 14.6. The molecular formula is C13H31O4Si3. The molecule has 0 bridgehead atoms. The average molecular weight is 336 g/mol. The van der Waals surface area contributed by atoms with E-state index >= 15 is 0 Å². The first-order chi connectivity index (χ1) is 8.83. The summed E-state index contributed by atoms with van der Waals surface area (Å²) in [5, 5.41) is 0. The third-order valence-electron chi connectivity index (χ3n) is 2.23. The summed E-state index contributed by atoms with van der Waals surface area (Å²) in [5.41, 5.74) is 0. The SMILES string of the molecule is [CH2]C(=O)COCCC[Si](C)(O[Si](C)(C)C)O[Si](C)(C)C. The molecule has 20 heavy (non-hydrogen) atoms. The van der Waals surface area contributed by atoms with Crippen LogP contribution in [0.5, 0.6) is 0 Å². The molecule has 119 valence electrons. The van der Waals surface area contributed by atoms with Crippen LogP contribution in [-0.4, -0.2) is 44.2 Å². The maximum atomic E-state index is 10.7. The van der Waals surface area contributed by atoms with E-state index in [0.29, 0.717) is 6.61 Å². The van der Waals surface area contributed by atoms with Crippen molar-refractivity contribution in [1.82, 2.24) is 0 Å². The number of Topliss-reactive ketones (excluding diaryl/α,β-unsaturated/α-hetero) is 1. The van der Waals surface area contributed by atoms with Crippen molar-refractivity contribution < 1.29 is 17.8 Å². The first-order valence-electron chi connectivity index (χ1n) is 7.16. The second kappa shape index (κ2) is 8.00. The molecule has 4 nitrogen and oxygen atoms in total. The maximum absolute atomic E-state index is 10.7. The molecule has 0 heterocycles. The van der Waals surface area contributed by atoms with E-state index in [4.69, 9.17) is 13.0 Å². The zero-order valence-corrected chi connectivity index (χ0v) is 17.2. The van der Waals surface area contributed by atoms with Gasteiger partial charge in [-0.1, -0.05) is 0 Å². The third-order valence-corrected chi connectivity index (χ3v) is 11.8. The van der Waals surface area contributed by atoms with Gasteiger partial charge >= 0.3 is 8.56 Å². The van der Waals surface area contributed by atoms with Gasteiger partial charge in [0.05, 0.1) is 0 Å². The second-order valence-electron chi connectivity index (χ2n) is 7.26. The van der Waals surface area contributed by atoms with Gasteiger partial charge in [-0.15, -0.1) is 0 Å². The van der Waals surface area contributed by atoms with Crippen molar-refractivity contribution >= 4 is 31.0 Å². The van der Waals surface area contributed by atoms with Crippen LogP contribution in [-0.2, 0) is 17.8 Å². The fraction of sp³-hybridized carbons (Fsp3) is 0.846. The van der Waals surface area contributed by atoms with Gasteiger partial charge in [0.1, 0.15) is 6.61 Å². The van der Waals surface area contributed by atoms with Crippen LogP contribution in [0.4, 0.5) is 0 Å². The van der Waals surface area contributed by atoms with E-state index in [2.05, 4.69) is 52.8 Å². The Hall–Kier alpha value is 0.201. The molecule has 0 aromatic rings. The van der Waals surface area contributed by atoms with Crippen molar-refractivity contribution in [2.45, 2.75) is 58.3 Å². The van der Waals surface area contributed by atoms with Gasteiger partial charge in [0.25, 0.3) is 0 Å². The number of carbonyl (C=O) groups excluding carboxylic acids is 1. The van der Waals surface area contributed by atoms with Crippen molar-refractivity contribution in [1.29, 1.82) is 0 Å². The average Bonchev–Trinajstić information content (AvgIpc) is 2.09. The number of rotatable bonds is 10. The molecule has 0 aromatic heterocycles. The predicted molar refractivity (Wildman–Crippen MR) is 91.1 cm³/mol. The van der Waals surface area contributed by atoms with Gasteiger partial charge in [-0.2, -0.15) is 0 Å². The fourth-order valence-electron chi connectivity index (χ4n) is 2.10. The van der Waals surface area contributed by atoms with Crippen molar-refractivity contribution in [3.63, 3.8) is 0 Å². The van der Waals surface area contributed by atoms with Gasteiger partial charge in [-0.25, -0.2) is 0 Å². The highest BCUT2D eigenvalue weighted by atomic mass is 28.5. The summed E-state index contributed by atoms with van der Waals surface area (Å²) < 4.78 is 18.0. The van der Waals surface area contributed by atoms with Gasteiger partial charge in [0.2, 0.25) is 0 Å². The lowest BCUT2D eigenvalue weighted by Gasteiger charge is -2.38. The van der Waals surface area contributed by atoms with Crippen LogP contribution in [0, 0.1) is 6.92 Å². The summed E-state index contributed by atoms with van der Waals surface area (Å²) in [6.07, 6.45) is 0.866. The minimum Gasteiger partial charge on any atom is -0.437 e. The van der Waals surface area contributed by atoms with E-state index in [1.165, 1.54) is 0 Å². The molecule has 0 rings (SSSR count). The minimum absolute atomic E-state index is 0.0992. The van der Waals surface area contributed by atoms with Crippen LogP contribution in [0.2, 0.25) is 51.9 Å². The number of hydrogen-bond donors (Lipinski definition) is 0. The summed E-state index contributed by atoms with van der Waals surface area (Å²) in [4.78, 5) is 10.7. The highest BCUT2D eigenvalue weighted by molar-refractivity contribution is 6.87. The van der Waals surface area contributed by atoms with Crippen LogP contribution >= 0.6 is 0 Å². The molecule has 0 aliphatic heterocycles. The van der Waals surface area contributed by atoms with Crippen molar-refractivity contribution in [3.05, 3.63) is 6.92 Å². The first kappa shape index (κ1) is 20.2. The quantitative estimate of drug-likeness (QED) is 0.452. The van der Waals surface area contributed by atoms with E-state index in [1.54, 1.807) is 0 Å². The molecule has 0 aliphatic carbocycles. The maximum Gasteiger partial charge on any atom is 0.314 e. The highest BCUT2D eigenvalue weighted by Crippen LogP contribution is 2.25. The molecule has 1 radical (unpaired) electrons. The zero-order valence-electron chi connectivity index (χ0n) is 14.2. The Morgan fingerprint density at radius 2 is 1.40 bits per heavy atom. The smallest absolute Gasteiger partial charge is 0.314 e. The number of ketones is 1. The molecular weight excluding hydrogens is 304 g/mol. The summed E-state index contributed by atoms with van der Waals surface area (Å²) in [6.45, 7) is 19.3. The lowest BCUT2D eigenvalue weighted by Crippen LogP contribution is -2.52. The standard InChI is InChI=1S/C13H31O4Si3/c1-13(14)12-15-10-9-11-20(8,16-18(2,3)4)17-19(5,6)7/h1,9-12H2,2-8H3. The van der Waals surface area contributed by atoms with Crippen LogP contribution in [0.15, 0.2) is 0 Å². The van der Waals surface area contributed by atoms with Crippen molar-refractivity contribution in [2.24, 2.45) is 0 Å². The number of carbonyl (C=O) groups is 1. The molecule has 0 amide bonds.